The van der Waals surface area contributed by atoms with E-state index < -0.39 is 38.4 Å². The molecule has 1 aromatic heterocycles. The maximum atomic E-state index is 11.7. The Morgan fingerprint density at radius 2 is 1.96 bits per heavy atom. The zero-order valence-corrected chi connectivity index (χ0v) is 11.2. The molecule has 1 amide bonds. The summed E-state index contributed by atoms with van der Waals surface area (Å²) in [4.78, 5) is 35.5. The number of nitrogens with one attached hydrogen (secondary N) is 1. The second kappa shape index (κ2) is 5.90. The normalized spacial score (nSPS) is 10.0. The lowest BCUT2D eigenvalue weighted by atomic mass is 10.1. The van der Waals surface area contributed by atoms with Gasteiger partial charge in [0.2, 0.25) is 5.75 Å². The van der Waals surface area contributed by atoms with Crippen molar-refractivity contribution >= 4 is 28.2 Å². The zero-order valence-electron chi connectivity index (χ0n) is 11.2. The number of hydrogen-bond donors (Lipinski definition) is 2. The Bertz CT molecular complexity index is 888. The van der Waals surface area contributed by atoms with Crippen molar-refractivity contribution in [3.05, 3.63) is 44.1 Å². The Morgan fingerprint density at radius 3 is 2.52 bits per heavy atom. The van der Waals surface area contributed by atoms with Gasteiger partial charge in [0.1, 0.15) is 17.8 Å². The van der Waals surface area contributed by atoms with E-state index in [-0.39, 0.29) is 17.6 Å². The predicted octanol–water partition coefficient (Wildman–Crippen LogP) is 1.01. The lowest BCUT2D eigenvalue weighted by Crippen LogP contribution is -2.24. The van der Waals surface area contributed by atoms with Crippen LogP contribution in [0.5, 0.6) is 5.75 Å². The number of nitriles is 1. The molecule has 1 aromatic carbocycles. The number of benzene rings is 1. The lowest BCUT2D eigenvalue weighted by molar-refractivity contribution is -0.393. The van der Waals surface area contributed by atoms with Crippen molar-refractivity contribution in [2.45, 2.75) is 0 Å². The molecule has 0 saturated carbocycles. The second-order valence-corrected chi connectivity index (χ2v) is 4.21. The summed E-state index contributed by atoms with van der Waals surface area (Å²) in [6, 6.07) is 4.59. The molecule has 11 heteroatoms. The minimum atomic E-state index is -0.994. The molecule has 1 heterocycles. The Labute approximate surface area is 127 Å². The minimum Gasteiger partial charge on any atom is -0.501 e. The van der Waals surface area contributed by atoms with Gasteiger partial charge >= 0.3 is 5.69 Å². The van der Waals surface area contributed by atoms with Crippen molar-refractivity contribution < 1.29 is 19.7 Å². The first-order valence-corrected chi connectivity index (χ1v) is 5.97. The number of aromatic hydroxyl groups is 1. The van der Waals surface area contributed by atoms with Crippen LogP contribution >= 0.6 is 0 Å². The van der Waals surface area contributed by atoms with Crippen LogP contribution in [0.25, 0.3) is 10.9 Å². The van der Waals surface area contributed by atoms with Crippen LogP contribution in [0, 0.1) is 31.6 Å². The number of nitro benzene ring substituents is 2. The molecule has 0 radical (unpaired) electrons. The van der Waals surface area contributed by atoms with E-state index in [0.29, 0.717) is 6.07 Å². The van der Waals surface area contributed by atoms with E-state index >= 15 is 0 Å². The summed E-state index contributed by atoms with van der Waals surface area (Å²) in [6.45, 7) is -0.292. The summed E-state index contributed by atoms with van der Waals surface area (Å²) in [7, 11) is 0. The second-order valence-electron chi connectivity index (χ2n) is 4.21. The van der Waals surface area contributed by atoms with Crippen LogP contribution in [0.1, 0.15) is 10.5 Å². The highest BCUT2D eigenvalue weighted by atomic mass is 16.6. The fourth-order valence-corrected chi connectivity index (χ4v) is 1.87. The highest BCUT2D eigenvalue weighted by molar-refractivity contribution is 6.00. The van der Waals surface area contributed by atoms with Gasteiger partial charge in [-0.1, -0.05) is 0 Å². The zero-order chi connectivity index (χ0) is 17.1. The number of phenols is 1. The fourth-order valence-electron chi connectivity index (χ4n) is 1.87. The van der Waals surface area contributed by atoms with Crippen molar-refractivity contribution in [2.75, 3.05) is 6.54 Å². The molecular weight excluding hydrogens is 310 g/mol. The topological polar surface area (TPSA) is 172 Å². The standard InChI is InChI=1S/C12H7N5O6/c13-3-4-14-12(19)7-2-1-6-8(16(20)21)5-9(17(22)23)11(18)10(6)15-7/h1-2,5,18H,4H2,(H,14,19). The first-order chi connectivity index (χ1) is 10.9. The van der Waals surface area contributed by atoms with Crippen LogP contribution in [0.15, 0.2) is 18.2 Å². The van der Waals surface area contributed by atoms with Gasteiger partial charge in [0.15, 0.2) is 0 Å². The molecule has 2 aromatic rings. The van der Waals surface area contributed by atoms with Crippen molar-refractivity contribution in [1.29, 1.82) is 5.26 Å². The average molecular weight is 317 g/mol. The van der Waals surface area contributed by atoms with E-state index in [2.05, 4.69) is 10.3 Å². The molecule has 0 unspecified atom stereocenters. The Morgan fingerprint density at radius 1 is 1.30 bits per heavy atom. The molecule has 0 aliphatic heterocycles. The van der Waals surface area contributed by atoms with Crippen LogP contribution < -0.4 is 5.32 Å². The van der Waals surface area contributed by atoms with Gasteiger partial charge in [0.05, 0.1) is 27.4 Å². The molecular formula is C12H7N5O6. The van der Waals surface area contributed by atoms with E-state index in [1.165, 1.54) is 0 Å². The quantitative estimate of drug-likeness (QED) is 0.477. The van der Waals surface area contributed by atoms with E-state index in [1.54, 1.807) is 6.07 Å². The number of rotatable bonds is 4. The van der Waals surface area contributed by atoms with Gasteiger partial charge in [0.25, 0.3) is 11.6 Å². The van der Waals surface area contributed by atoms with E-state index in [4.69, 9.17) is 5.26 Å². The monoisotopic (exact) mass is 317 g/mol. The van der Waals surface area contributed by atoms with Crippen molar-refractivity contribution in [1.82, 2.24) is 10.3 Å². The number of aromatic nitrogens is 1. The molecule has 0 spiro atoms. The van der Waals surface area contributed by atoms with E-state index in [1.807, 2.05) is 0 Å². The number of nitrogens with zero attached hydrogens (tertiary/aromatic N) is 4. The fraction of sp³-hybridized carbons (Fsp3) is 0.0833. The maximum absolute atomic E-state index is 11.7. The van der Waals surface area contributed by atoms with E-state index in [9.17, 15) is 30.1 Å². The summed E-state index contributed by atoms with van der Waals surface area (Å²) in [5.41, 5.74) is -2.22. The highest BCUT2D eigenvalue weighted by Gasteiger charge is 2.27. The molecule has 2 rings (SSSR count). The van der Waals surface area contributed by atoms with Gasteiger partial charge in [-0.15, -0.1) is 0 Å². The third-order valence-electron chi connectivity index (χ3n) is 2.87. The van der Waals surface area contributed by atoms with Crippen molar-refractivity contribution in [2.24, 2.45) is 0 Å². The van der Waals surface area contributed by atoms with Gasteiger partial charge in [-0.3, -0.25) is 25.0 Å². The maximum Gasteiger partial charge on any atom is 0.319 e. The molecule has 11 nitrogen and oxygen atoms in total. The van der Waals surface area contributed by atoms with Crippen LogP contribution in [0.3, 0.4) is 0 Å². The third-order valence-corrected chi connectivity index (χ3v) is 2.87. The first-order valence-electron chi connectivity index (χ1n) is 5.97. The SMILES string of the molecule is N#CCNC(=O)c1ccc2c([N+](=O)[O-])cc([N+](=O)[O-])c(O)c2n1. The number of carbonyl (C=O) groups is 1. The van der Waals surface area contributed by atoms with Gasteiger partial charge in [-0.05, 0) is 12.1 Å². The molecule has 0 aliphatic rings. The Hall–Kier alpha value is -3.81. The van der Waals surface area contributed by atoms with E-state index in [0.717, 1.165) is 12.1 Å². The number of amides is 1. The van der Waals surface area contributed by atoms with Gasteiger partial charge in [-0.25, -0.2) is 4.98 Å². The highest BCUT2D eigenvalue weighted by Crippen LogP contribution is 2.39. The summed E-state index contributed by atoms with van der Waals surface area (Å²) in [5.74, 6) is -1.65. The molecule has 2 N–H and O–H groups in total. The summed E-state index contributed by atoms with van der Waals surface area (Å²) >= 11 is 0. The van der Waals surface area contributed by atoms with Gasteiger partial charge in [-0.2, -0.15) is 5.26 Å². The number of nitro groups is 2. The van der Waals surface area contributed by atoms with Crippen molar-refractivity contribution in [3.63, 3.8) is 0 Å². The minimum absolute atomic E-state index is 0.157. The summed E-state index contributed by atoms with van der Waals surface area (Å²) in [6.07, 6.45) is 0. The van der Waals surface area contributed by atoms with Crippen molar-refractivity contribution in [3.8, 4) is 11.8 Å². The molecule has 23 heavy (non-hydrogen) atoms. The smallest absolute Gasteiger partial charge is 0.319 e. The predicted molar refractivity (Wildman–Crippen MR) is 74.7 cm³/mol. The average Bonchev–Trinajstić information content (AvgIpc) is 2.52. The number of hydrogen-bond acceptors (Lipinski definition) is 8. The lowest BCUT2D eigenvalue weighted by Gasteiger charge is -2.05. The number of fused-ring (bicyclic) bond motifs is 1. The van der Waals surface area contributed by atoms with Gasteiger partial charge < -0.3 is 10.4 Å². The molecule has 0 saturated heterocycles. The van der Waals surface area contributed by atoms with Crippen LogP contribution in [-0.4, -0.2) is 32.4 Å². The van der Waals surface area contributed by atoms with Crippen LogP contribution in [0.4, 0.5) is 11.4 Å². The number of carbonyl (C=O) groups excluding carboxylic acids is 1. The molecule has 0 aliphatic carbocycles. The summed E-state index contributed by atoms with van der Waals surface area (Å²) < 4.78 is 0. The molecule has 0 bridgehead atoms. The number of non-ortho nitro benzene ring substituents is 1. The first kappa shape index (κ1) is 15.6. The Kier molecular flexibility index (Phi) is 3.99. The largest absolute Gasteiger partial charge is 0.501 e. The van der Waals surface area contributed by atoms with Crippen LogP contribution in [0.2, 0.25) is 0 Å². The number of pyridine rings is 1. The third kappa shape index (κ3) is 2.81. The summed E-state index contributed by atoms with van der Waals surface area (Å²) in [5, 5.41) is 42.2. The molecule has 0 fully saturated rings. The molecule has 116 valence electrons. The van der Waals surface area contributed by atoms with Crippen LogP contribution in [-0.2, 0) is 0 Å². The number of phenolic OH excluding ortho intramolecular Hbond substituents is 1. The molecule has 0 atom stereocenters. The van der Waals surface area contributed by atoms with Gasteiger partial charge in [0, 0.05) is 0 Å². The Balaban J connectivity index is 2.72.